The van der Waals surface area contributed by atoms with E-state index < -0.39 is 0 Å². The van der Waals surface area contributed by atoms with E-state index in [2.05, 4.69) is 37.2 Å². The Morgan fingerprint density at radius 1 is 1.19 bits per heavy atom. The Balaban J connectivity index is 2.23. The second-order valence-electron chi connectivity index (χ2n) is 3.16. The molecular formula is C11H15Br2NO2. The van der Waals surface area contributed by atoms with E-state index in [4.69, 9.17) is 9.47 Å². The van der Waals surface area contributed by atoms with Gasteiger partial charge in [0.1, 0.15) is 0 Å². The summed E-state index contributed by atoms with van der Waals surface area (Å²) < 4.78 is 12.3. The van der Waals surface area contributed by atoms with Crippen LogP contribution >= 0.6 is 31.9 Å². The molecule has 0 spiro atoms. The number of ether oxygens (including phenoxy) is 2. The lowest BCUT2D eigenvalue weighted by molar-refractivity contribution is 0.0759. The van der Waals surface area contributed by atoms with Crippen molar-refractivity contribution in [2.24, 2.45) is 0 Å². The summed E-state index contributed by atoms with van der Waals surface area (Å²) in [6, 6.07) is 6.02. The van der Waals surface area contributed by atoms with Gasteiger partial charge in [0.15, 0.2) is 0 Å². The summed E-state index contributed by atoms with van der Waals surface area (Å²) in [7, 11) is 1.67. The molecule has 1 aromatic carbocycles. The number of hydrogen-bond donors (Lipinski definition) is 1. The number of halogens is 2. The third-order valence-corrected chi connectivity index (χ3v) is 3.11. The van der Waals surface area contributed by atoms with Crippen molar-refractivity contribution in [3.63, 3.8) is 0 Å². The van der Waals surface area contributed by atoms with Crippen molar-refractivity contribution in [1.29, 1.82) is 0 Å². The smallest absolute Gasteiger partial charge is 0.0701 e. The van der Waals surface area contributed by atoms with Crippen LogP contribution in [-0.2, 0) is 9.47 Å². The second-order valence-corrected chi connectivity index (χ2v) is 4.93. The maximum Gasteiger partial charge on any atom is 0.0701 e. The fourth-order valence-electron chi connectivity index (χ4n) is 1.14. The SMILES string of the molecule is COCCOCCNc1cc(Br)ccc1Br. The molecule has 1 aromatic rings. The van der Waals surface area contributed by atoms with E-state index in [1.807, 2.05) is 18.2 Å². The van der Waals surface area contributed by atoms with Crippen molar-refractivity contribution < 1.29 is 9.47 Å². The quantitative estimate of drug-likeness (QED) is 0.764. The highest BCUT2D eigenvalue weighted by Gasteiger charge is 1.99. The zero-order valence-electron chi connectivity index (χ0n) is 9.13. The number of rotatable bonds is 7. The van der Waals surface area contributed by atoms with Crippen LogP contribution < -0.4 is 5.32 Å². The molecule has 3 nitrogen and oxygen atoms in total. The van der Waals surface area contributed by atoms with Gasteiger partial charge in [-0.3, -0.25) is 0 Å². The fraction of sp³-hybridized carbons (Fsp3) is 0.455. The third kappa shape index (κ3) is 5.30. The Hall–Kier alpha value is -0.100. The standard InChI is InChI=1S/C11H15Br2NO2/c1-15-6-7-16-5-4-14-11-8-9(12)2-3-10(11)13/h2-3,8,14H,4-7H2,1H3. The number of hydrogen-bond acceptors (Lipinski definition) is 3. The number of benzene rings is 1. The molecule has 16 heavy (non-hydrogen) atoms. The lowest BCUT2D eigenvalue weighted by Gasteiger charge is -2.09. The van der Waals surface area contributed by atoms with E-state index in [1.165, 1.54) is 0 Å². The van der Waals surface area contributed by atoms with Crippen molar-refractivity contribution in [3.05, 3.63) is 27.1 Å². The Morgan fingerprint density at radius 3 is 2.75 bits per heavy atom. The highest BCUT2D eigenvalue weighted by molar-refractivity contribution is 9.11. The average Bonchev–Trinajstić information content (AvgIpc) is 2.28. The minimum atomic E-state index is 0.637. The molecule has 1 N–H and O–H groups in total. The van der Waals surface area contributed by atoms with Crippen LogP contribution in [0.1, 0.15) is 0 Å². The summed E-state index contributed by atoms with van der Waals surface area (Å²) in [6.07, 6.45) is 0. The van der Waals surface area contributed by atoms with Crippen LogP contribution in [0.25, 0.3) is 0 Å². The van der Waals surface area contributed by atoms with Crippen molar-refractivity contribution in [2.75, 3.05) is 38.8 Å². The van der Waals surface area contributed by atoms with Gasteiger partial charge in [0.05, 0.1) is 19.8 Å². The van der Waals surface area contributed by atoms with E-state index in [0.717, 1.165) is 21.2 Å². The topological polar surface area (TPSA) is 30.5 Å². The van der Waals surface area contributed by atoms with Crippen LogP contribution in [0.4, 0.5) is 5.69 Å². The number of nitrogens with one attached hydrogen (secondary N) is 1. The molecule has 90 valence electrons. The molecule has 0 aliphatic rings. The first kappa shape index (κ1) is 14.0. The van der Waals surface area contributed by atoms with Gasteiger partial charge in [-0.05, 0) is 34.1 Å². The first-order chi connectivity index (χ1) is 7.74. The molecule has 0 heterocycles. The van der Waals surface area contributed by atoms with Gasteiger partial charge in [0.25, 0.3) is 0 Å². The average molecular weight is 353 g/mol. The molecule has 0 unspecified atom stereocenters. The van der Waals surface area contributed by atoms with Crippen LogP contribution in [0.5, 0.6) is 0 Å². The molecule has 5 heteroatoms. The normalized spacial score (nSPS) is 10.4. The summed E-state index contributed by atoms with van der Waals surface area (Å²) in [4.78, 5) is 0. The lowest BCUT2D eigenvalue weighted by Crippen LogP contribution is -2.12. The molecule has 0 bridgehead atoms. The van der Waals surface area contributed by atoms with E-state index in [0.29, 0.717) is 19.8 Å². The monoisotopic (exact) mass is 351 g/mol. The second kappa shape index (κ2) is 8.06. The molecule has 0 aromatic heterocycles. The van der Waals surface area contributed by atoms with E-state index in [-0.39, 0.29) is 0 Å². The lowest BCUT2D eigenvalue weighted by atomic mass is 10.3. The molecule has 0 saturated carbocycles. The van der Waals surface area contributed by atoms with Gasteiger partial charge in [-0.25, -0.2) is 0 Å². The van der Waals surface area contributed by atoms with Gasteiger partial charge >= 0.3 is 0 Å². The predicted molar refractivity (Wildman–Crippen MR) is 73.0 cm³/mol. The molecule has 0 radical (unpaired) electrons. The number of methoxy groups -OCH3 is 1. The molecule has 0 saturated heterocycles. The summed E-state index contributed by atoms with van der Waals surface area (Å²) in [5.41, 5.74) is 1.06. The molecule has 0 aliphatic heterocycles. The minimum absolute atomic E-state index is 0.637. The van der Waals surface area contributed by atoms with Gasteiger partial charge < -0.3 is 14.8 Å². The van der Waals surface area contributed by atoms with Gasteiger partial charge in [-0.2, -0.15) is 0 Å². The first-order valence-corrected chi connectivity index (χ1v) is 6.58. The van der Waals surface area contributed by atoms with Crippen molar-refractivity contribution in [3.8, 4) is 0 Å². The largest absolute Gasteiger partial charge is 0.382 e. The Labute approximate surface area is 113 Å². The molecule has 0 fully saturated rings. The van der Waals surface area contributed by atoms with Crippen LogP contribution in [0.2, 0.25) is 0 Å². The van der Waals surface area contributed by atoms with Gasteiger partial charge in [-0.15, -0.1) is 0 Å². The minimum Gasteiger partial charge on any atom is -0.382 e. The fourth-order valence-corrected chi connectivity index (χ4v) is 1.88. The third-order valence-electron chi connectivity index (χ3n) is 1.92. The first-order valence-electron chi connectivity index (χ1n) is 4.99. The molecular weight excluding hydrogens is 338 g/mol. The summed E-state index contributed by atoms with van der Waals surface area (Å²) in [5.74, 6) is 0. The molecule has 0 amide bonds. The maximum absolute atomic E-state index is 5.35. The van der Waals surface area contributed by atoms with Crippen LogP contribution in [0, 0.1) is 0 Å². The highest BCUT2D eigenvalue weighted by atomic mass is 79.9. The predicted octanol–water partition coefficient (Wildman–Crippen LogP) is 3.29. The van der Waals surface area contributed by atoms with Gasteiger partial charge in [-0.1, -0.05) is 15.9 Å². The Bertz CT molecular complexity index is 321. The van der Waals surface area contributed by atoms with Gasteiger partial charge in [0, 0.05) is 28.3 Å². The molecule has 0 atom stereocenters. The van der Waals surface area contributed by atoms with E-state index in [1.54, 1.807) is 7.11 Å². The Morgan fingerprint density at radius 2 is 2.00 bits per heavy atom. The van der Waals surface area contributed by atoms with Crippen molar-refractivity contribution in [1.82, 2.24) is 0 Å². The zero-order chi connectivity index (χ0) is 11.8. The van der Waals surface area contributed by atoms with Crippen LogP contribution in [-0.4, -0.2) is 33.5 Å². The zero-order valence-corrected chi connectivity index (χ0v) is 12.3. The Kier molecular flexibility index (Phi) is 7.03. The summed E-state index contributed by atoms with van der Waals surface area (Å²) in [6.45, 7) is 2.72. The summed E-state index contributed by atoms with van der Waals surface area (Å²) in [5, 5.41) is 3.29. The molecule has 0 aliphatic carbocycles. The van der Waals surface area contributed by atoms with Gasteiger partial charge in [0.2, 0.25) is 0 Å². The van der Waals surface area contributed by atoms with E-state index >= 15 is 0 Å². The summed E-state index contributed by atoms with van der Waals surface area (Å²) >= 11 is 6.91. The van der Waals surface area contributed by atoms with Crippen molar-refractivity contribution in [2.45, 2.75) is 0 Å². The number of anilines is 1. The maximum atomic E-state index is 5.35. The molecule has 1 rings (SSSR count). The van der Waals surface area contributed by atoms with Crippen molar-refractivity contribution >= 4 is 37.5 Å². The van der Waals surface area contributed by atoms with E-state index in [9.17, 15) is 0 Å². The van der Waals surface area contributed by atoms with Crippen LogP contribution in [0.3, 0.4) is 0 Å². The van der Waals surface area contributed by atoms with Crippen LogP contribution in [0.15, 0.2) is 27.1 Å². The highest BCUT2D eigenvalue weighted by Crippen LogP contribution is 2.25.